The zero-order chi connectivity index (χ0) is 13.1. The number of fused-ring (bicyclic) bond motifs is 1. The minimum Gasteiger partial charge on any atom is -0.508 e. The lowest BCUT2D eigenvalue weighted by Crippen LogP contribution is -2.15. The molecule has 2 N–H and O–H groups in total. The number of benzene rings is 2. The molecule has 0 saturated carbocycles. The molecule has 0 fully saturated rings. The molecule has 98 valence electrons. The maximum absolute atomic E-state index is 9.40. The van der Waals surface area contributed by atoms with Gasteiger partial charge in [-0.3, -0.25) is 0 Å². The van der Waals surface area contributed by atoms with Crippen LogP contribution in [-0.4, -0.2) is 18.3 Å². The van der Waals surface area contributed by atoms with Crippen LogP contribution in [0.2, 0.25) is 0 Å². The molecule has 3 rings (SSSR count). The highest BCUT2D eigenvalue weighted by Gasteiger charge is 2.11. The number of aromatic hydroxyl groups is 1. The molecule has 0 spiro atoms. The Morgan fingerprint density at radius 1 is 1.00 bits per heavy atom. The van der Waals surface area contributed by atoms with Crippen molar-refractivity contribution in [2.24, 2.45) is 0 Å². The highest BCUT2D eigenvalue weighted by atomic mass is 16.6. The van der Waals surface area contributed by atoms with Gasteiger partial charge in [-0.15, -0.1) is 0 Å². The Hall–Kier alpha value is -2.36. The van der Waals surface area contributed by atoms with Crippen molar-refractivity contribution < 1.29 is 14.6 Å². The highest BCUT2D eigenvalue weighted by molar-refractivity contribution is 5.55. The summed E-state index contributed by atoms with van der Waals surface area (Å²) in [4.78, 5) is 0. The third kappa shape index (κ3) is 2.73. The molecule has 0 aromatic heterocycles. The van der Waals surface area contributed by atoms with Crippen LogP contribution >= 0.6 is 0 Å². The lowest BCUT2D eigenvalue weighted by Gasteiger charge is -2.19. The van der Waals surface area contributed by atoms with Crippen LogP contribution in [0, 0.1) is 0 Å². The monoisotopic (exact) mass is 257 g/mol. The first-order valence-electron chi connectivity index (χ1n) is 6.23. The van der Waals surface area contributed by atoms with E-state index < -0.39 is 0 Å². The number of hydrogen-bond donors (Lipinski definition) is 2. The maximum atomic E-state index is 9.40. The van der Waals surface area contributed by atoms with Crippen molar-refractivity contribution in [2.75, 3.05) is 18.5 Å². The molecule has 0 aliphatic carbocycles. The van der Waals surface area contributed by atoms with E-state index in [9.17, 15) is 5.11 Å². The molecule has 1 aliphatic rings. The van der Waals surface area contributed by atoms with E-state index >= 15 is 0 Å². The van der Waals surface area contributed by atoms with Gasteiger partial charge in [-0.05, 0) is 29.8 Å². The molecule has 0 amide bonds. The summed E-state index contributed by atoms with van der Waals surface area (Å²) in [5.41, 5.74) is 1.99. The number of nitrogens with one attached hydrogen (secondary N) is 1. The average molecular weight is 257 g/mol. The lowest BCUT2D eigenvalue weighted by atomic mass is 10.2. The van der Waals surface area contributed by atoms with Crippen LogP contribution < -0.4 is 14.8 Å². The van der Waals surface area contributed by atoms with Gasteiger partial charge in [0.05, 0.1) is 0 Å². The molecule has 0 saturated heterocycles. The Balaban J connectivity index is 1.70. The van der Waals surface area contributed by atoms with Crippen LogP contribution in [0.3, 0.4) is 0 Å². The van der Waals surface area contributed by atoms with Gasteiger partial charge in [-0.25, -0.2) is 0 Å². The Labute approximate surface area is 111 Å². The molecular weight excluding hydrogens is 242 g/mol. The fourth-order valence-electron chi connectivity index (χ4n) is 2.02. The van der Waals surface area contributed by atoms with Gasteiger partial charge in [-0.1, -0.05) is 12.1 Å². The summed E-state index contributed by atoms with van der Waals surface area (Å²) in [6, 6.07) is 13.0. The van der Waals surface area contributed by atoms with Gasteiger partial charge in [-0.2, -0.15) is 0 Å². The summed E-state index contributed by atoms with van der Waals surface area (Å²) in [5.74, 6) is 1.84. The summed E-state index contributed by atoms with van der Waals surface area (Å²) >= 11 is 0. The molecule has 4 heteroatoms. The second kappa shape index (κ2) is 5.10. The van der Waals surface area contributed by atoms with E-state index in [4.69, 9.17) is 9.47 Å². The summed E-state index contributed by atoms with van der Waals surface area (Å²) < 4.78 is 11.0. The number of phenols is 1. The second-order valence-electron chi connectivity index (χ2n) is 4.38. The van der Waals surface area contributed by atoms with E-state index in [0.717, 1.165) is 22.7 Å². The second-order valence-corrected chi connectivity index (χ2v) is 4.38. The number of phenolic OH excluding ortho intramolecular Hbond substituents is 1. The molecule has 1 aliphatic heterocycles. The maximum Gasteiger partial charge on any atom is 0.163 e. The third-order valence-corrected chi connectivity index (χ3v) is 2.95. The minimum atomic E-state index is 0.279. The molecule has 0 radical (unpaired) electrons. The topological polar surface area (TPSA) is 50.7 Å². The Morgan fingerprint density at radius 2 is 1.84 bits per heavy atom. The predicted molar refractivity (Wildman–Crippen MR) is 72.9 cm³/mol. The number of ether oxygens (including phenoxy) is 2. The van der Waals surface area contributed by atoms with Crippen molar-refractivity contribution in [3.8, 4) is 17.2 Å². The van der Waals surface area contributed by atoms with Gasteiger partial charge in [0.1, 0.15) is 19.0 Å². The van der Waals surface area contributed by atoms with Gasteiger partial charge >= 0.3 is 0 Å². The van der Waals surface area contributed by atoms with E-state index in [1.165, 1.54) is 0 Å². The van der Waals surface area contributed by atoms with Crippen LogP contribution in [0.5, 0.6) is 17.2 Å². The van der Waals surface area contributed by atoms with Crippen molar-refractivity contribution in [3.05, 3.63) is 48.0 Å². The van der Waals surface area contributed by atoms with Crippen molar-refractivity contribution in [2.45, 2.75) is 6.54 Å². The van der Waals surface area contributed by atoms with Crippen molar-refractivity contribution in [3.63, 3.8) is 0 Å². The van der Waals surface area contributed by atoms with E-state index in [0.29, 0.717) is 19.8 Å². The SMILES string of the molecule is Oc1cccc(CNc2ccc3c(c2)OCCO3)c1. The Morgan fingerprint density at radius 3 is 2.68 bits per heavy atom. The summed E-state index contributed by atoms with van der Waals surface area (Å²) in [7, 11) is 0. The largest absolute Gasteiger partial charge is 0.508 e. The van der Waals surface area contributed by atoms with Gasteiger partial charge in [0.25, 0.3) is 0 Å². The first-order chi connectivity index (χ1) is 9.31. The zero-order valence-electron chi connectivity index (χ0n) is 10.4. The Kier molecular flexibility index (Phi) is 3.14. The van der Waals surface area contributed by atoms with Gasteiger partial charge < -0.3 is 19.9 Å². The van der Waals surface area contributed by atoms with Crippen LogP contribution in [0.1, 0.15) is 5.56 Å². The van der Waals surface area contributed by atoms with Gasteiger partial charge in [0.15, 0.2) is 11.5 Å². The standard InChI is InChI=1S/C15H15NO3/c17-13-3-1-2-11(8-13)10-16-12-4-5-14-15(9-12)19-7-6-18-14/h1-5,8-9,16-17H,6-7,10H2. The third-order valence-electron chi connectivity index (χ3n) is 2.95. The van der Waals surface area contributed by atoms with Crippen LogP contribution in [0.25, 0.3) is 0 Å². The molecule has 0 atom stereocenters. The minimum absolute atomic E-state index is 0.279. The van der Waals surface area contributed by atoms with Crippen molar-refractivity contribution >= 4 is 5.69 Å². The van der Waals surface area contributed by atoms with Crippen LogP contribution in [0.15, 0.2) is 42.5 Å². The molecule has 1 heterocycles. The normalized spacial score (nSPS) is 13.1. The highest BCUT2D eigenvalue weighted by Crippen LogP contribution is 2.32. The lowest BCUT2D eigenvalue weighted by molar-refractivity contribution is 0.171. The molecule has 2 aromatic carbocycles. The molecule has 0 bridgehead atoms. The van der Waals surface area contributed by atoms with E-state index in [1.807, 2.05) is 30.3 Å². The van der Waals surface area contributed by atoms with E-state index in [-0.39, 0.29) is 5.75 Å². The predicted octanol–water partition coefficient (Wildman–Crippen LogP) is 2.78. The number of anilines is 1. The van der Waals surface area contributed by atoms with Crippen molar-refractivity contribution in [1.82, 2.24) is 0 Å². The Bertz CT molecular complexity index is 583. The molecule has 4 nitrogen and oxygen atoms in total. The first kappa shape index (κ1) is 11.7. The van der Waals surface area contributed by atoms with Crippen LogP contribution in [-0.2, 0) is 6.54 Å². The fourth-order valence-corrected chi connectivity index (χ4v) is 2.02. The van der Waals surface area contributed by atoms with Crippen molar-refractivity contribution in [1.29, 1.82) is 0 Å². The molecule has 19 heavy (non-hydrogen) atoms. The smallest absolute Gasteiger partial charge is 0.163 e. The molecule has 2 aromatic rings. The zero-order valence-corrected chi connectivity index (χ0v) is 10.4. The van der Waals surface area contributed by atoms with Crippen LogP contribution in [0.4, 0.5) is 5.69 Å². The van der Waals surface area contributed by atoms with E-state index in [2.05, 4.69) is 5.32 Å². The quantitative estimate of drug-likeness (QED) is 0.887. The number of rotatable bonds is 3. The van der Waals surface area contributed by atoms with Gasteiger partial charge in [0.2, 0.25) is 0 Å². The fraction of sp³-hybridized carbons (Fsp3) is 0.200. The average Bonchev–Trinajstić information content (AvgIpc) is 2.45. The van der Waals surface area contributed by atoms with Gasteiger partial charge in [0, 0.05) is 18.3 Å². The summed E-state index contributed by atoms with van der Waals surface area (Å²) in [6.07, 6.45) is 0. The summed E-state index contributed by atoms with van der Waals surface area (Å²) in [6.45, 7) is 1.83. The van der Waals surface area contributed by atoms with E-state index in [1.54, 1.807) is 12.1 Å². The molecule has 0 unspecified atom stereocenters. The molecular formula is C15H15NO3. The number of hydrogen-bond acceptors (Lipinski definition) is 4. The summed E-state index contributed by atoms with van der Waals surface area (Å²) in [5, 5.41) is 12.7. The first-order valence-corrected chi connectivity index (χ1v) is 6.23.